The predicted octanol–water partition coefficient (Wildman–Crippen LogP) is 5.31. The van der Waals surface area contributed by atoms with Crippen LogP contribution in [0.5, 0.6) is 0 Å². The van der Waals surface area contributed by atoms with Gasteiger partial charge in [-0.25, -0.2) is 8.42 Å². The summed E-state index contributed by atoms with van der Waals surface area (Å²) >= 11 is 1.20. The van der Waals surface area contributed by atoms with Crippen LogP contribution >= 0.6 is 11.3 Å². The number of rotatable bonds is 6. The summed E-state index contributed by atoms with van der Waals surface area (Å²) in [6.45, 7) is -0.314. The van der Waals surface area contributed by atoms with Crippen LogP contribution in [0.15, 0.2) is 59.5 Å². The maximum Gasteiger partial charge on any atom is 0.389 e. The molecule has 3 aromatic rings. The number of fused-ring (bicyclic) bond motifs is 1. The van der Waals surface area contributed by atoms with E-state index >= 15 is 0 Å². The molecule has 0 bridgehead atoms. The molecule has 3 rings (SSSR count). The highest BCUT2D eigenvalue weighted by atomic mass is 32.2. The number of nitrogens with zero attached hydrogens (tertiary/aromatic N) is 2. The number of hydrogen-bond acceptors (Lipinski definition) is 4. The topological polar surface area (TPSA) is 61.2 Å². The van der Waals surface area contributed by atoms with Crippen molar-refractivity contribution in [1.29, 1.82) is 5.26 Å². The van der Waals surface area contributed by atoms with Crippen molar-refractivity contribution in [1.82, 2.24) is 0 Å². The van der Waals surface area contributed by atoms with E-state index in [-0.39, 0.29) is 23.4 Å². The second kappa shape index (κ2) is 7.81. The van der Waals surface area contributed by atoms with E-state index in [0.29, 0.717) is 5.00 Å². The third kappa shape index (κ3) is 4.46. The first-order valence-electron chi connectivity index (χ1n) is 8.29. The summed E-state index contributed by atoms with van der Waals surface area (Å²) in [6.07, 6.45) is -5.81. The van der Waals surface area contributed by atoms with Crippen molar-refractivity contribution >= 4 is 36.4 Å². The maximum absolute atomic E-state index is 13.2. The SMILES string of the molecule is N#Cc1cccc(S(=O)(=O)N(CCCC(F)(F)F)c2cc3ccccc3s2)c1. The van der Waals surface area contributed by atoms with Crippen molar-refractivity contribution in [2.24, 2.45) is 0 Å². The van der Waals surface area contributed by atoms with Gasteiger partial charge in [0.2, 0.25) is 0 Å². The number of thiophene rings is 1. The fraction of sp³-hybridized carbons (Fsp3) is 0.211. The second-order valence-corrected chi connectivity index (χ2v) is 8.98. The average Bonchev–Trinajstić information content (AvgIpc) is 3.07. The molecule has 0 aliphatic carbocycles. The highest BCUT2D eigenvalue weighted by Gasteiger charge is 2.30. The Kier molecular flexibility index (Phi) is 5.63. The molecule has 9 heteroatoms. The van der Waals surface area contributed by atoms with Crippen LogP contribution in [0, 0.1) is 11.3 Å². The lowest BCUT2D eigenvalue weighted by molar-refractivity contribution is -0.134. The molecule has 0 spiro atoms. The standard InChI is InChI=1S/C19H15F3N2O2S2/c20-19(21,22)9-4-10-24(18-12-15-6-1-2-8-17(15)27-18)28(25,26)16-7-3-5-14(11-16)13-23/h1-3,5-8,11-12H,4,9-10H2. The summed E-state index contributed by atoms with van der Waals surface area (Å²) in [7, 11) is -4.13. The van der Waals surface area contributed by atoms with Gasteiger partial charge in [-0.1, -0.05) is 24.3 Å². The van der Waals surface area contributed by atoms with E-state index in [4.69, 9.17) is 5.26 Å². The molecule has 0 N–H and O–H groups in total. The molecule has 0 aliphatic rings. The minimum Gasteiger partial charge on any atom is -0.257 e. The minimum atomic E-state index is -4.36. The lowest BCUT2D eigenvalue weighted by atomic mass is 10.2. The molecule has 4 nitrogen and oxygen atoms in total. The first-order chi connectivity index (χ1) is 13.2. The van der Waals surface area contributed by atoms with E-state index in [1.807, 2.05) is 24.3 Å². The normalized spacial score (nSPS) is 12.1. The third-order valence-corrected chi connectivity index (χ3v) is 7.09. The Balaban J connectivity index is 2.02. The van der Waals surface area contributed by atoms with E-state index < -0.39 is 22.6 Å². The van der Waals surface area contributed by atoms with E-state index in [9.17, 15) is 21.6 Å². The fourth-order valence-corrected chi connectivity index (χ4v) is 5.56. The lowest BCUT2D eigenvalue weighted by Gasteiger charge is -2.23. The molecule has 1 heterocycles. The van der Waals surface area contributed by atoms with Gasteiger partial charge in [0.05, 0.1) is 16.5 Å². The van der Waals surface area contributed by atoms with Gasteiger partial charge in [-0.2, -0.15) is 18.4 Å². The summed E-state index contributed by atoms with van der Waals surface area (Å²) in [5.74, 6) is 0. The highest BCUT2D eigenvalue weighted by Crippen LogP contribution is 2.36. The Morgan fingerprint density at radius 3 is 2.50 bits per heavy atom. The van der Waals surface area contributed by atoms with Gasteiger partial charge < -0.3 is 0 Å². The summed E-state index contributed by atoms with van der Waals surface area (Å²) in [5, 5.41) is 10.2. The summed E-state index contributed by atoms with van der Waals surface area (Å²) in [5.41, 5.74) is 0.160. The van der Waals surface area contributed by atoms with E-state index in [0.717, 1.165) is 14.4 Å². The third-order valence-electron chi connectivity index (χ3n) is 4.03. The van der Waals surface area contributed by atoms with Crippen molar-refractivity contribution in [2.45, 2.75) is 23.9 Å². The maximum atomic E-state index is 13.2. The molecule has 2 aromatic carbocycles. The van der Waals surface area contributed by atoms with Gasteiger partial charge in [-0.05, 0) is 42.1 Å². The molecule has 0 saturated heterocycles. The van der Waals surface area contributed by atoms with Crippen LogP contribution in [-0.2, 0) is 10.0 Å². The van der Waals surface area contributed by atoms with Gasteiger partial charge in [-0.15, -0.1) is 11.3 Å². The molecule has 146 valence electrons. The molecule has 0 aliphatic heterocycles. The molecular weight excluding hydrogens is 409 g/mol. The molecule has 28 heavy (non-hydrogen) atoms. The fourth-order valence-electron chi connectivity index (χ4n) is 2.72. The van der Waals surface area contributed by atoms with E-state index in [2.05, 4.69) is 0 Å². The van der Waals surface area contributed by atoms with Crippen molar-refractivity contribution in [3.05, 3.63) is 60.2 Å². The van der Waals surface area contributed by atoms with Crippen molar-refractivity contribution in [2.75, 3.05) is 10.8 Å². The van der Waals surface area contributed by atoms with Crippen molar-refractivity contribution < 1.29 is 21.6 Å². The summed E-state index contributed by atoms with van der Waals surface area (Å²) in [4.78, 5) is -0.129. The summed E-state index contributed by atoms with van der Waals surface area (Å²) in [6, 6.07) is 16.2. The number of nitriles is 1. The van der Waals surface area contributed by atoms with Gasteiger partial charge >= 0.3 is 6.18 Å². The molecule has 0 saturated carbocycles. The zero-order chi connectivity index (χ0) is 20.4. The zero-order valence-corrected chi connectivity index (χ0v) is 16.1. The molecular formula is C19H15F3N2O2S2. The predicted molar refractivity (Wildman–Crippen MR) is 103 cm³/mol. The van der Waals surface area contributed by atoms with Gasteiger partial charge in [0.25, 0.3) is 10.0 Å². The summed E-state index contributed by atoms with van der Waals surface area (Å²) < 4.78 is 66.0. The van der Waals surface area contributed by atoms with Crippen LogP contribution in [0.1, 0.15) is 18.4 Å². The number of alkyl halides is 3. The number of sulfonamides is 1. The van der Waals surface area contributed by atoms with Crippen LogP contribution in [0.2, 0.25) is 0 Å². The molecule has 0 atom stereocenters. The number of hydrogen-bond donors (Lipinski definition) is 0. The Morgan fingerprint density at radius 2 is 1.82 bits per heavy atom. The molecule has 0 amide bonds. The van der Waals surface area contributed by atoms with Gasteiger partial charge in [0.1, 0.15) is 5.00 Å². The van der Waals surface area contributed by atoms with E-state index in [1.165, 1.54) is 35.6 Å². The average molecular weight is 424 g/mol. The first kappa shape index (κ1) is 20.2. The van der Waals surface area contributed by atoms with Gasteiger partial charge in [-0.3, -0.25) is 4.31 Å². The van der Waals surface area contributed by atoms with Crippen LogP contribution in [0.25, 0.3) is 10.1 Å². The van der Waals surface area contributed by atoms with Crippen molar-refractivity contribution in [3.8, 4) is 6.07 Å². The Labute approximate surface area is 164 Å². The highest BCUT2D eigenvalue weighted by molar-refractivity contribution is 7.93. The number of anilines is 1. The van der Waals surface area contributed by atoms with Crippen LogP contribution < -0.4 is 4.31 Å². The van der Waals surface area contributed by atoms with Crippen LogP contribution in [0.4, 0.5) is 18.2 Å². The Morgan fingerprint density at radius 1 is 1.07 bits per heavy atom. The zero-order valence-electron chi connectivity index (χ0n) is 14.5. The smallest absolute Gasteiger partial charge is 0.257 e. The largest absolute Gasteiger partial charge is 0.389 e. The molecule has 0 radical (unpaired) electrons. The lowest BCUT2D eigenvalue weighted by Crippen LogP contribution is -2.32. The monoisotopic (exact) mass is 424 g/mol. The Hall–Kier alpha value is -2.57. The van der Waals surface area contributed by atoms with Crippen LogP contribution in [0.3, 0.4) is 0 Å². The minimum absolute atomic E-state index is 0.129. The van der Waals surface area contributed by atoms with Crippen LogP contribution in [-0.4, -0.2) is 21.1 Å². The number of benzene rings is 2. The van der Waals surface area contributed by atoms with E-state index in [1.54, 1.807) is 12.1 Å². The Bertz CT molecular complexity index is 1100. The number of halogens is 3. The first-order valence-corrected chi connectivity index (χ1v) is 10.5. The second-order valence-electron chi connectivity index (χ2n) is 6.06. The van der Waals surface area contributed by atoms with Gasteiger partial charge in [0.15, 0.2) is 0 Å². The molecule has 0 fully saturated rings. The molecule has 1 aromatic heterocycles. The van der Waals surface area contributed by atoms with Crippen molar-refractivity contribution in [3.63, 3.8) is 0 Å². The molecule has 0 unspecified atom stereocenters. The quantitative estimate of drug-likeness (QED) is 0.539. The van der Waals surface area contributed by atoms with Gasteiger partial charge in [0, 0.05) is 17.7 Å².